The number of nitrogens with one attached hydrogen (secondary N) is 3. The van der Waals surface area contributed by atoms with Gasteiger partial charge in [0.25, 0.3) is 11.8 Å². The van der Waals surface area contributed by atoms with Gasteiger partial charge in [-0.25, -0.2) is 0 Å². The fourth-order valence-corrected chi connectivity index (χ4v) is 3.61. The Balaban J connectivity index is 1.72. The number of benzene rings is 1. The first-order valence-corrected chi connectivity index (χ1v) is 10.4. The van der Waals surface area contributed by atoms with Crippen LogP contribution < -0.4 is 15.1 Å². The standard InChI is InChI=1S/C20H31ClN4O2/c1-3-5-10-25(4-2)20(27)16-24-13-11-23(12-14-24)15-19(26)22-18-9-7-6-8-17(18)21/h6-9H,3-5,10-16H2,1-2H3,(H,22,26)/p+2. The van der Waals surface area contributed by atoms with Crippen LogP contribution in [0.15, 0.2) is 24.3 Å². The number of amides is 2. The third-order valence-electron chi connectivity index (χ3n) is 5.14. The Morgan fingerprint density at radius 2 is 1.70 bits per heavy atom. The normalized spacial score (nSPS) is 19.5. The molecule has 6 nitrogen and oxygen atoms in total. The van der Waals surface area contributed by atoms with Crippen LogP contribution in [0.2, 0.25) is 5.02 Å². The van der Waals surface area contributed by atoms with Crippen LogP contribution in [-0.4, -0.2) is 69.1 Å². The van der Waals surface area contributed by atoms with Gasteiger partial charge in [0.2, 0.25) is 0 Å². The van der Waals surface area contributed by atoms with Crippen LogP contribution in [0.3, 0.4) is 0 Å². The highest BCUT2D eigenvalue weighted by atomic mass is 35.5. The van der Waals surface area contributed by atoms with E-state index in [1.165, 1.54) is 9.80 Å². The van der Waals surface area contributed by atoms with Crippen LogP contribution in [0.1, 0.15) is 26.7 Å². The van der Waals surface area contributed by atoms with Gasteiger partial charge in [0.1, 0.15) is 26.2 Å². The number of carbonyl (C=O) groups is 2. The zero-order valence-corrected chi connectivity index (χ0v) is 17.3. The second kappa shape index (κ2) is 11.3. The van der Waals surface area contributed by atoms with E-state index in [9.17, 15) is 9.59 Å². The van der Waals surface area contributed by atoms with Crippen LogP contribution >= 0.6 is 11.6 Å². The van der Waals surface area contributed by atoms with Crippen LogP contribution in [-0.2, 0) is 9.59 Å². The highest BCUT2D eigenvalue weighted by molar-refractivity contribution is 6.33. The van der Waals surface area contributed by atoms with Crippen molar-refractivity contribution in [3.05, 3.63) is 29.3 Å². The molecule has 1 aromatic carbocycles. The van der Waals surface area contributed by atoms with Crippen LogP contribution in [0.4, 0.5) is 5.69 Å². The monoisotopic (exact) mass is 396 g/mol. The molecule has 1 saturated heterocycles. The minimum atomic E-state index is -0.0191. The third kappa shape index (κ3) is 7.13. The second-order valence-electron chi connectivity index (χ2n) is 7.21. The zero-order chi connectivity index (χ0) is 19.6. The molecule has 3 N–H and O–H groups in total. The van der Waals surface area contributed by atoms with Crippen molar-refractivity contribution in [2.24, 2.45) is 0 Å². The SMILES string of the molecule is CCCCN(CC)C(=O)C[NH+]1CC[NH+](CC(=O)Nc2ccccc2Cl)CC1. The maximum absolute atomic E-state index is 12.5. The van der Waals surface area contributed by atoms with Crippen molar-refractivity contribution in [1.29, 1.82) is 0 Å². The van der Waals surface area contributed by atoms with Gasteiger partial charge in [-0.15, -0.1) is 0 Å². The van der Waals surface area contributed by atoms with Gasteiger partial charge in [0.05, 0.1) is 10.7 Å². The van der Waals surface area contributed by atoms with Gasteiger partial charge < -0.3 is 20.0 Å². The van der Waals surface area contributed by atoms with Gasteiger partial charge in [0, 0.05) is 13.1 Å². The molecule has 1 aliphatic heterocycles. The van der Waals surface area contributed by atoms with Crippen molar-refractivity contribution in [2.45, 2.75) is 26.7 Å². The predicted molar refractivity (Wildman–Crippen MR) is 108 cm³/mol. The Hall–Kier alpha value is -1.63. The lowest BCUT2D eigenvalue weighted by atomic mass is 10.2. The molecule has 7 heteroatoms. The number of hydrogen-bond donors (Lipinski definition) is 3. The molecule has 0 aromatic heterocycles. The van der Waals surface area contributed by atoms with Crippen molar-refractivity contribution in [3.8, 4) is 0 Å². The Labute approximate surface area is 167 Å². The molecule has 1 heterocycles. The number of unbranched alkanes of at least 4 members (excludes halogenated alkanes) is 1. The fraction of sp³-hybridized carbons (Fsp3) is 0.600. The molecule has 0 saturated carbocycles. The third-order valence-corrected chi connectivity index (χ3v) is 5.47. The fourth-order valence-electron chi connectivity index (χ4n) is 3.43. The number of halogens is 1. The topological polar surface area (TPSA) is 58.3 Å². The van der Waals surface area contributed by atoms with Crippen molar-refractivity contribution in [3.63, 3.8) is 0 Å². The maximum Gasteiger partial charge on any atom is 0.279 e. The highest BCUT2D eigenvalue weighted by Gasteiger charge is 2.27. The van der Waals surface area contributed by atoms with Gasteiger partial charge >= 0.3 is 0 Å². The van der Waals surface area contributed by atoms with Gasteiger partial charge in [-0.1, -0.05) is 37.1 Å². The molecule has 27 heavy (non-hydrogen) atoms. The van der Waals surface area contributed by atoms with E-state index in [0.29, 0.717) is 23.8 Å². The molecule has 0 bridgehead atoms. The molecule has 0 spiro atoms. The van der Waals surface area contributed by atoms with Crippen LogP contribution in [0, 0.1) is 0 Å². The number of anilines is 1. The average molecular weight is 397 g/mol. The highest BCUT2D eigenvalue weighted by Crippen LogP contribution is 2.19. The van der Waals surface area contributed by atoms with Crippen LogP contribution in [0.5, 0.6) is 0 Å². The lowest BCUT2D eigenvalue weighted by Crippen LogP contribution is -3.28. The van der Waals surface area contributed by atoms with E-state index < -0.39 is 0 Å². The number of quaternary nitrogens is 2. The number of para-hydroxylation sites is 1. The predicted octanol–water partition coefficient (Wildman–Crippen LogP) is -0.289. The minimum absolute atomic E-state index is 0.0191. The molecule has 0 unspecified atom stereocenters. The molecule has 150 valence electrons. The molecule has 2 amide bonds. The average Bonchev–Trinajstić information content (AvgIpc) is 2.66. The van der Waals surface area contributed by atoms with E-state index in [-0.39, 0.29) is 11.8 Å². The van der Waals surface area contributed by atoms with Gasteiger partial charge in [-0.2, -0.15) is 0 Å². The van der Waals surface area contributed by atoms with E-state index >= 15 is 0 Å². The van der Waals surface area contributed by atoms with Crippen molar-refractivity contribution >= 4 is 29.1 Å². The second-order valence-corrected chi connectivity index (χ2v) is 7.62. The summed E-state index contributed by atoms with van der Waals surface area (Å²) >= 11 is 6.09. The summed E-state index contributed by atoms with van der Waals surface area (Å²) in [4.78, 5) is 29.3. The summed E-state index contributed by atoms with van der Waals surface area (Å²) in [6.07, 6.45) is 2.17. The molecular formula is C20H33ClN4O2+2. The zero-order valence-electron chi connectivity index (χ0n) is 16.5. The van der Waals surface area contributed by atoms with E-state index in [1.807, 2.05) is 24.0 Å². The largest absolute Gasteiger partial charge is 0.338 e. The Morgan fingerprint density at radius 1 is 1.07 bits per heavy atom. The summed E-state index contributed by atoms with van der Waals surface area (Å²) in [5.74, 6) is 0.232. The minimum Gasteiger partial charge on any atom is -0.338 e. The maximum atomic E-state index is 12.5. The summed E-state index contributed by atoms with van der Waals surface area (Å²) < 4.78 is 0. The smallest absolute Gasteiger partial charge is 0.279 e. The van der Waals surface area contributed by atoms with Gasteiger partial charge in [-0.3, -0.25) is 9.59 Å². The van der Waals surface area contributed by atoms with E-state index in [2.05, 4.69) is 12.2 Å². The molecule has 0 aliphatic carbocycles. The lowest BCUT2D eigenvalue weighted by Gasteiger charge is -2.30. The number of likely N-dealkylation sites (N-methyl/N-ethyl adjacent to an activating group) is 1. The number of hydrogen-bond acceptors (Lipinski definition) is 2. The Bertz CT molecular complexity index is 618. The molecule has 1 aromatic rings. The van der Waals surface area contributed by atoms with Crippen molar-refractivity contribution < 1.29 is 19.4 Å². The summed E-state index contributed by atoms with van der Waals surface area (Å²) in [5, 5.41) is 3.44. The Morgan fingerprint density at radius 3 is 2.30 bits per heavy atom. The Kier molecular flexibility index (Phi) is 9.04. The van der Waals surface area contributed by atoms with Crippen molar-refractivity contribution in [1.82, 2.24) is 4.90 Å². The summed E-state index contributed by atoms with van der Waals surface area (Å²) in [6.45, 7) is 10.5. The lowest BCUT2D eigenvalue weighted by molar-refractivity contribution is -1.00. The number of nitrogens with zero attached hydrogens (tertiary/aromatic N) is 1. The molecule has 0 radical (unpaired) electrons. The first-order valence-electron chi connectivity index (χ1n) is 10.0. The summed E-state index contributed by atoms with van der Waals surface area (Å²) in [5.41, 5.74) is 0.658. The van der Waals surface area contributed by atoms with Crippen LogP contribution in [0.25, 0.3) is 0 Å². The summed E-state index contributed by atoms with van der Waals surface area (Å²) in [7, 11) is 0. The number of piperazine rings is 1. The van der Waals surface area contributed by atoms with E-state index in [4.69, 9.17) is 11.6 Å². The first kappa shape index (κ1) is 21.7. The quantitative estimate of drug-likeness (QED) is 0.537. The van der Waals surface area contributed by atoms with E-state index in [0.717, 1.165) is 52.1 Å². The number of rotatable bonds is 9. The van der Waals surface area contributed by atoms with Crippen molar-refractivity contribution in [2.75, 3.05) is 57.7 Å². The molecule has 0 atom stereocenters. The number of carbonyl (C=O) groups excluding carboxylic acids is 2. The molecule has 1 aliphatic rings. The first-order chi connectivity index (χ1) is 13.0. The van der Waals surface area contributed by atoms with Gasteiger partial charge in [0.15, 0.2) is 13.1 Å². The molecule has 1 fully saturated rings. The van der Waals surface area contributed by atoms with E-state index in [1.54, 1.807) is 12.1 Å². The summed E-state index contributed by atoms with van der Waals surface area (Å²) in [6, 6.07) is 7.27. The van der Waals surface area contributed by atoms with Gasteiger partial charge in [-0.05, 0) is 25.5 Å². The molecular weight excluding hydrogens is 364 g/mol. The molecule has 2 rings (SSSR count).